The average molecular weight is 422 g/mol. The van der Waals surface area contributed by atoms with Crippen LogP contribution in [-0.4, -0.2) is 34.7 Å². The lowest BCUT2D eigenvalue weighted by molar-refractivity contribution is 0.156. The minimum atomic E-state index is -0.445. The van der Waals surface area contributed by atoms with Gasteiger partial charge >= 0.3 is 0 Å². The van der Waals surface area contributed by atoms with Gasteiger partial charge in [0.15, 0.2) is 23.1 Å². The number of hydrogen-bond acceptors (Lipinski definition) is 6. The number of rotatable bonds is 6. The lowest BCUT2D eigenvalue weighted by Crippen LogP contribution is -2.39. The minimum Gasteiger partial charge on any atom is -0.493 e. The maximum absolute atomic E-state index is 15.0. The van der Waals surface area contributed by atoms with E-state index in [-0.39, 0.29) is 17.7 Å². The molecule has 8 heteroatoms. The van der Waals surface area contributed by atoms with Crippen molar-refractivity contribution in [1.82, 2.24) is 15.0 Å². The number of aromatic amines is 1. The number of ether oxygens (including phenoxy) is 3. The molecule has 4 aromatic rings. The summed E-state index contributed by atoms with van der Waals surface area (Å²) in [4.78, 5) is 11.7. The van der Waals surface area contributed by atoms with Crippen LogP contribution in [0.1, 0.15) is 18.5 Å². The highest BCUT2D eigenvalue weighted by Gasteiger charge is 2.27. The molecule has 160 valence electrons. The Morgan fingerprint density at radius 1 is 1.10 bits per heavy atom. The fourth-order valence-corrected chi connectivity index (χ4v) is 4.00. The second-order valence-corrected chi connectivity index (χ2v) is 8.00. The molecule has 1 fully saturated rings. The van der Waals surface area contributed by atoms with E-state index in [0.717, 1.165) is 18.5 Å². The number of hydrogen-bond donors (Lipinski definition) is 2. The highest BCUT2D eigenvalue weighted by Crippen LogP contribution is 2.38. The van der Waals surface area contributed by atoms with Crippen molar-refractivity contribution in [3.63, 3.8) is 0 Å². The summed E-state index contributed by atoms with van der Waals surface area (Å²) < 4.78 is 32.3. The van der Waals surface area contributed by atoms with Gasteiger partial charge in [-0.1, -0.05) is 0 Å². The van der Waals surface area contributed by atoms with Crippen LogP contribution in [0.2, 0.25) is 0 Å². The van der Waals surface area contributed by atoms with Gasteiger partial charge in [0.25, 0.3) is 0 Å². The maximum atomic E-state index is 15.0. The first kappa shape index (κ1) is 19.6. The summed E-state index contributed by atoms with van der Waals surface area (Å²) in [6.45, 7) is 2.45. The number of methoxy groups -OCH3 is 1. The fourth-order valence-electron chi connectivity index (χ4n) is 4.00. The Morgan fingerprint density at radius 2 is 1.94 bits per heavy atom. The van der Waals surface area contributed by atoms with Crippen LogP contribution in [0.25, 0.3) is 21.8 Å². The number of nitrogens with one attached hydrogen (secondary N) is 1. The number of nitrogens with two attached hydrogens (primary N) is 1. The molecule has 0 unspecified atom stereocenters. The fraction of sp³-hybridized carbons (Fsp3) is 0.304. The highest BCUT2D eigenvalue weighted by molar-refractivity contribution is 5.87. The molecule has 0 aliphatic heterocycles. The number of fused-ring (bicyclic) bond motifs is 2. The van der Waals surface area contributed by atoms with Crippen LogP contribution in [0.3, 0.4) is 0 Å². The van der Waals surface area contributed by atoms with E-state index in [4.69, 9.17) is 19.9 Å². The minimum absolute atomic E-state index is 0.0899. The maximum Gasteiger partial charge on any atom is 0.230 e. The third-order valence-corrected chi connectivity index (χ3v) is 5.67. The zero-order chi connectivity index (χ0) is 21.5. The van der Waals surface area contributed by atoms with Gasteiger partial charge < -0.3 is 24.9 Å². The normalized spacial score (nSPS) is 18.2. The molecule has 0 bridgehead atoms. The molecule has 2 aromatic carbocycles. The zero-order valence-corrected chi connectivity index (χ0v) is 17.3. The third kappa shape index (κ3) is 3.63. The Bertz CT molecular complexity index is 1270. The summed E-state index contributed by atoms with van der Waals surface area (Å²) in [5, 5.41) is 1.07. The molecule has 3 N–H and O–H groups in total. The van der Waals surface area contributed by atoms with Crippen molar-refractivity contribution in [2.24, 2.45) is 11.7 Å². The van der Waals surface area contributed by atoms with Gasteiger partial charge in [0.1, 0.15) is 6.33 Å². The lowest BCUT2D eigenvalue weighted by Gasteiger charge is -2.32. The van der Waals surface area contributed by atoms with Crippen molar-refractivity contribution >= 4 is 21.8 Å². The molecule has 0 amide bonds. The van der Waals surface area contributed by atoms with Gasteiger partial charge in [0.05, 0.1) is 24.6 Å². The molecule has 31 heavy (non-hydrogen) atoms. The number of aromatic nitrogens is 3. The predicted molar refractivity (Wildman–Crippen MR) is 115 cm³/mol. The zero-order valence-electron chi connectivity index (χ0n) is 17.3. The van der Waals surface area contributed by atoms with Gasteiger partial charge in [-0.25, -0.2) is 14.4 Å². The largest absolute Gasteiger partial charge is 0.493 e. The highest BCUT2D eigenvalue weighted by atomic mass is 19.1. The lowest BCUT2D eigenvalue weighted by atomic mass is 9.82. The number of H-pyrrole nitrogens is 1. The summed E-state index contributed by atoms with van der Waals surface area (Å²) in [6, 6.07) is 8.92. The van der Waals surface area contributed by atoms with E-state index in [1.807, 2.05) is 6.92 Å². The van der Waals surface area contributed by atoms with Crippen LogP contribution in [-0.2, 0) is 0 Å². The Labute approximate surface area is 178 Å². The standard InChI is InChI=1S/C23H23FN4O3/c1-12-5-15-17(28-12)3-4-19(22(15)24)31-23-16-8-20(29-2)21(9-18(16)26-11-27-23)30-10-13-6-14(25)7-13/h3-5,8-9,11,13-14,28H,6-7,10,25H2,1-2H3/t13-,14-. The molecule has 2 heterocycles. The van der Waals surface area contributed by atoms with Gasteiger partial charge in [-0.05, 0) is 49.9 Å². The first-order chi connectivity index (χ1) is 15.0. The quantitative estimate of drug-likeness (QED) is 0.476. The van der Waals surface area contributed by atoms with Gasteiger partial charge in [-0.3, -0.25) is 0 Å². The van der Waals surface area contributed by atoms with E-state index < -0.39 is 5.82 Å². The molecule has 7 nitrogen and oxygen atoms in total. The first-order valence-corrected chi connectivity index (χ1v) is 10.2. The van der Waals surface area contributed by atoms with Crippen LogP contribution >= 0.6 is 0 Å². The van der Waals surface area contributed by atoms with Crippen molar-refractivity contribution in [1.29, 1.82) is 0 Å². The van der Waals surface area contributed by atoms with Crippen LogP contribution in [0.5, 0.6) is 23.1 Å². The second kappa shape index (κ2) is 7.70. The monoisotopic (exact) mass is 422 g/mol. The van der Waals surface area contributed by atoms with Crippen molar-refractivity contribution in [2.45, 2.75) is 25.8 Å². The SMILES string of the molecule is COc1cc2c(Oc3ccc4[nH]c(C)cc4c3F)ncnc2cc1OC[C@H]1C[C@H](N)C1. The van der Waals surface area contributed by atoms with E-state index in [9.17, 15) is 4.39 Å². The average Bonchev–Trinajstić information content (AvgIpc) is 3.13. The number of nitrogens with zero attached hydrogens (tertiary/aromatic N) is 2. The number of halogens is 1. The van der Waals surface area contributed by atoms with E-state index in [0.29, 0.717) is 45.8 Å². The molecule has 1 aliphatic carbocycles. The summed E-state index contributed by atoms with van der Waals surface area (Å²) in [7, 11) is 1.57. The Hall–Kier alpha value is -3.39. The second-order valence-electron chi connectivity index (χ2n) is 8.00. The molecular formula is C23H23FN4O3. The summed E-state index contributed by atoms with van der Waals surface area (Å²) in [5.74, 6) is 1.47. The van der Waals surface area contributed by atoms with Crippen molar-refractivity contribution in [3.05, 3.63) is 48.2 Å². The predicted octanol–water partition coefficient (Wildman–Crippen LogP) is 4.48. The van der Waals surface area contributed by atoms with Gasteiger partial charge in [0, 0.05) is 28.7 Å². The molecule has 0 atom stereocenters. The topological polar surface area (TPSA) is 95.3 Å². The van der Waals surface area contributed by atoms with Crippen molar-refractivity contribution < 1.29 is 18.6 Å². The van der Waals surface area contributed by atoms with Crippen LogP contribution in [0.15, 0.2) is 36.7 Å². The Balaban J connectivity index is 1.47. The van der Waals surface area contributed by atoms with Crippen molar-refractivity contribution in [2.75, 3.05) is 13.7 Å². The van der Waals surface area contributed by atoms with Gasteiger partial charge in [-0.2, -0.15) is 0 Å². The molecule has 5 rings (SSSR count). The smallest absolute Gasteiger partial charge is 0.230 e. The Morgan fingerprint density at radius 3 is 2.71 bits per heavy atom. The molecule has 1 saturated carbocycles. The number of benzene rings is 2. The molecule has 0 spiro atoms. The van der Waals surface area contributed by atoms with Crippen LogP contribution in [0.4, 0.5) is 4.39 Å². The Kier molecular flexibility index (Phi) is 4.86. The molecule has 2 aromatic heterocycles. The van der Waals surface area contributed by atoms with Crippen LogP contribution < -0.4 is 19.9 Å². The van der Waals surface area contributed by atoms with E-state index in [2.05, 4.69) is 15.0 Å². The van der Waals surface area contributed by atoms with E-state index in [1.165, 1.54) is 6.33 Å². The summed E-state index contributed by atoms with van der Waals surface area (Å²) in [5.41, 5.74) is 8.06. The molecular weight excluding hydrogens is 399 g/mol. The van der Waals surface area contributed by atoms with Crippen molar-refractivity contribution in [3.8, 4) is 23.1 Å². The summed E-state index contributed by atoms with van der Waals surface area (Å²) >= 11 is 0. The molecule has 1 aliphatic rings. The molecule has 0 radical (unpaired) electrons. The van der Waals surface area contributed by atoms with Gasteiger partial charge in [-0.15, -0.1) is 0 Å². The molecule has 0 saturated heterocycles. The third-order valence-electron chi connectivity index (χ3n) is 5.67. The van der Waals surface area contributed by atoms with E-state index in [1.54, 1.807) is 37.4 Å². The first-order valence-electron chi connectivity index (χ1n) is 10.2. The van der Waals surface area contributed by atoms with E-state index >= 15 is 0 Å². The number of aryl methyl sites for hydroxylation is 1. The van der Waals surface area contributed by atoms with Crippen LogP contribution in [0, 0.1) is 18.7 Å². The van der Waals surface area contributed by atoms with Gasteiger partial charge in [0.2, 0.25) is 5.88 Å². The summed E-state index contributed by atoms with van der Waals surface area (Å²) in [6.07, 6.45) is 3.31.